The Morgan fingerprint density at radius 2 is 1.00 bits per heavy atom. The summed E-state index contributed by atoms with van der Waals surface area (Å²) in [7, 11) is 0. The van der Waals surface area contributed by atoms with E-state index in [0.717, 1.165) is 0 Å². The average molecular weight is 154 g/mol. The van der Waals surface area contributed by atoms with Crippen LogP contribution in [0.15, 0.2) is 71.9 Å². The SMILES string of the molecule is C1=CC=C2C=CC=CC=C2C=C1. The molecule has 0 saturated carbocycles. The predicted molar refractivity (Wildman–Crippen MR) is 52.7 cm³/mol. The Bertz CT molecular complexity index is 308. The lowest BCUT2D eigenvalue weighted by Gasteiger charge is -1.98. The van der Waals surface area contributed by atoms with Crippen molar-refractivity contribution in [2.45, 2.75) is 0 Å². The van der Waals surface area contributed by atoms with Gasteiger partial charge in [0.2, 0.25) is 0 Å². The van der Waals surface area contributed by atoms with Crippen molar-refractivity contribution in [1.29, 1.82) is 0 Å². The van der Waals surface area contributed by atoms with Gasteiger partial charge in [-0.15, -0.1) is 0 Å². The van der Waals surface area contributed by atoms with E-state index in [4.69, 9.17) is 0 Å². The highest BCUT2D eigenvalue weighted by Gasteiger charge is 1.98. The molecule has 0 radical (unpaired) electrons. The average Bonchev–Trinajstić information content (AvgIpc) is 2.38. The van der Waals surface area contributed by atoms with Gasteiger partial charge >= 0.3 is 0 Å². The molecule has 0 fully saturated rings. The quantitative estimate of drug-likeness (QED) is 0.503. The highest BCUT2D eigenvalue weighted by molar-refractivity contribution is 5.53. The third-order valence-electron chi connectivity index (χ3n) is 1.88. The summed E-state index contributed by atoms with van der Waals surface area (Å²) in [5.41, 5.74) is 2.54. The monoisotopic (exact) mass is 154 g/mol. The maximum Gasteiger partial charge on any atom is -0.0184 e. The van der Waals surface area contributed by atoms with Crippen molar-refractivity contribution in [3.05, 3.63) is 71.9 Å². The van der Waals surface area contributed by atoms with E-state index in [1.165, 1.54) is 11.1 Å². The lowest BCUT2D eigenvalue weighted by Crippen LogP contribution is -1.79. The lowest BCUT2D eigenvalue weighted by molar-refractivity contribution is 1.57. The van der Waals surface area contributed by atoms with E-state index >= 15 is 0 Å². The molecule has 0 nitrogen and oxygen atoms in total. The van der Waals surface area contributed by atoms with Crippen LogP contribution in [0, 0.1) is 0 Å². The Morgan fingerprint density at radius 3 is 1.50 bits per heavy atom. The zero-order chi connectivity index (χ0) is 8.23. The van der Waals surface area contributed by atoms with Crippen molar-refractivity contribution in [3.8, 4) is 0 Å². The van der Waals surface area contributed by atoms with Crippen molar-refractivity contribution in [1.82, 2.24) is 0 Å². The van der Waals surface area contributed by atoms with E-state index in [0.29, 0.717) is 0 Å². The van der Waals surface area contributed by atoms with Gasteiger partial charge in [-0.05, 0) is 11.1 Å². The maximum absolute atomic E-state index is 2.12. The molecule has 0 aromatic rings. The summed E-state index contributed by atoms with van der Waals surface area (Å²) in [6.07, 6.45) is 20.8. The van der Waals surface area contributed by atoms with Crippen molar-refractivity contribution < 1.29 is 0 Å². The van der Waals surface area contributed by atoms with E-state index in [9.17, 15) is 0 Å². The molecule has 2 aliphatic rings. The molecule has 0 spiro atoms. The molecule has 0 saturated heterocycles. The second-order valence-corrected chi connectivity index (χ2v) is 2.73. The van der Waals surface area contributed by atoms with Gasteiger partial charge in [-0.2, -0.15) is 0 Å². The van der Waals surface area contributed by atoms with Crippen molar-refractivity contribution in [3.63, 3.8) is 0 Å². The van der Waals surface area contributed by atoms with Crippen LogP contribution in [0.25, 0.3) is 0 Å². The molecule has 0 heteroatoms. The summed E-state index contributed by atoms with van der Waals surface area (Å²) in [6, 6.07) is 0. The van der Waals surface area contributed by atoms with Gasteiger partial charge in [-0.3, -0.25) is 0 Å². The van der Waals surface area contributed by atoms with Crippen LogP contribution in [0.4, 0.5) is 0 Å². The zero-order valence-electron chi connectivity index (χ0n) is 6.77. The molecule has 12 heavy (non-hydrogen) atoms. The normalized spacial score (nSPS) is 19.3. The summed E-state index contributed by atoms with van der Waals surface area (Å²) in [5, 5.41) is 0. The largest absolute Gasteiger partial charge is 0.0622 e. The summed E-state index contributed by atoms with van der Waals surface area (Å²) in [5.74, 6) is 0. The minimum absolute atomic E-state index is 1.27. The molecule has 0 atom stereocenters. The number of hydrogen-bond acceptors (Lipinski definition) is 0. The molecule has 0 amide bonds. The predicted octanol–water partition coefficient (Wildman–Crippen LogP) is 3.09. The van der Waals surface area contributed by atoms with Gasteiger partial charge in [-0.25, -0.2) is 0 Å². The molecule has 58 valence electrons. The highest BCUT2D eigenvalue weighted by atomic mass is 14.0. The molecule has 0 heterocycles. The standard InChI is InChI=1S/C12H10/c1-3-7-11-9-5-2-6-10-12(11)8-4-1/h1-10H. The van der Waals surface area contributed by atoms with Crippen molar-refractivity contribution in [2.24, 2.45) is 0 Å². The first-order valence-electron chi connectivity index (χ1n) is 4.07. The van der Waals surface area contributed by atoms with Crippen LogP contribution in [0.3, 0.4) is 0 Å². The minimum Gasteiger partial charge on any atom is -0.0622 e. The molecule has 0 N–H and O–H groups in total. The molecule has 0 unspecified atom stereocenters. The molecular weight excluding hydrogens is 144 g/mol. The van der Waals surface area contributed by atoms with Crippen LogP contribution in [-0.2, 0) is 0 Å². The summed E-state index contributed by atoms with van der Waals surface area (Å²) >= 11 is 0. The molecule has 0 aliphatic heterocycles. The first-order valence-corrected chi connectivity index (χ1v) is 4.07. The third kappa shape index (κ3) is 1.37. The smallest absolute Gasteiger partial charge is 0.0184 e. The van der Waals surface area contributed by atoms with Crippen LogP contribution in [0.2, 0.25) is 0 Å². The van der Waals surface area contributed by atoms with Gasteiger partial charge in [0.05, 0.1) is 0 Å². The maximum atomic E-state index is 2.12. The van der Waals surface area contributed by atoms with Crippen LogP contribution < -0.4 is 0 Å². The van der Waals surface area contributed by atoms with Crippen molar-refractivity contribution >= 4 is 0 Å². The van der Waals surface area contributed by atoms with Crippen LogP contribution in [0.1, 0.15) is 0 Å². The van der Waals surface area contributed by atoms with Crippen molar-refractivity contribution in [2.75, 3.05) is 0 Å². The van der Waals surface area contributed by atoms with E-state index in [2.05, 4.69) is 48.6 Å². The zero-order valence-corrected chi connectivity index (χ0v) is 6.77. The molecule has 0 aromatic heterocycles. The van der Waals surface area contributed by atoms with Crippen LogP contribution in [-0.4, -0.2) is 0 Å². The van der Waals surface area contributed by atoms with Gasteiger partial charge in [-0.1, -0.05) is 60.8 Å². The van der Waals surface area contributed by atoms with Crippen LogP contribution in [0.5, 0.6) is 0 Å². The summed E-state index contributed by atoms with van der Waals surface area (Å²) in [4.78, 5) is 0. The Labute approximate surface area is 72.6 Å². The number of hydrogen-bond donors (Lipinski definition) is 0. The fourth-order valence-corrected chi connectivity index (χ4v) is 1.26. The first-order chi connectivity index (χ1) is 5.97. The second kappa shape index (κ2) is 3.22. The Hall–Kier alpha value is -1.56. The number of fused-ring (bicyclic) bond motifs is 1. The van der Waals surface area contributed by atoms with E-state index in [1.54, 1.807) is 0 Å². The summed E-state index contributed by atoms with van der Waals surface area (Å²) < 4.78 is 0. The van der Waals surface area contributed by atoms with E-state index in [1.807, 2.05) is 12.2 Å². The summed E-state index contributed by atoms with van der Waals surface area (Å²) in [6.45, 7) is 0. The van der Waals surface area contributed by atoms with Gasteiger partial charge in [0, 0.05) is 0 Å². The second-order valence-electron chi connectivity index (χ2n) is 2.73. The molecule has 2 aliphatic carbocycles. The fraction of sp³-hybridized carbons (Fsp3) is 0. The Kier molecular flexibility index (Phi) is 1.91. The van der Waals surface area contributed by atoms with Gasteiger partial charge < -0.3 is 0 Å². The lowest BCUT2D eigenvalue weighted by atomic mass is 10.1. The molecular formula is C12H10. The topological polar surface area (TPSA) is 0 Å². The Balaban J connectivity index is 2.49. The molecule has 2 rings (SSSR count). The molecule has 0 aromatic carbocycles. The fourth-order valence-electron chi connectivity index (χ4n) is 1.26. The number of rotatable bonds is 0. The molecule has 0 bridgehead atoms. The first kappa shape index (κ1) is 7.11. The highest BCUT2D eigenvalue weighted by Crippen LogP contribution is 2.18. The van der Waals surface area contributed by atoms with Gasteiger partial charge in [0.1, 0.15) is 0 Å². The van der Waals surface area contributed by atoms with E-state index in [-0.39, 0.29) is 0 Å². The number of allylic oxidation sites excluding steroid dienone is 12. The van der Waals surface area contributed by atoms with Gasteiger partial charge in [0.15, 0.2) is 0 Å². The minimum atomic E-state index is 1.27. The van der Waals surface area contributed by atoms with Crippen LogP contribution >= 0.6 is 0 Å². The third-order valence-corrected chi connectivity index (χ3v) is 1.88. The Morgan fingerprint density at radius 1 is 0.500 bits per heavy atom. The van der Waals surface area contributed by atoms with Gasteiger partial charge in [0.25, 0.3) is 0 Å². The van der Waals surface area contributed by atoms with E-state index < -0.39 is 0 Å².